The maximum atomic E-state index is 13.4. The first-order valence-electron chi connectivity index (χ1n) is 4.51. The van der Waals surface area contributed by atoms with Gasteiger partial charge in [-0.25, -0.2) is 9.37 Å². The second-order valence-electron chi connectivity index (χ2n) is 3.04. The summed E-state index contributed by atoms with van der Waals surface area (Å²) >= 11 is 1.30. The molecule has 0 spiro atoms. The van der Waals surface area contributed by atoms with Crippen molar-refractivity contribution in [2.45, 2.75) is 0 Å². The molecule has 0 aliphatic carbocycles. The predicted molar refractivity (Wildman–Crippen MR) is 62.8 cm³/mol. The van der Waals surface area contributed by atoms with E-state index in [-0.39, 0.29) is 5.75 Å². The van der Waals surface area contributed by atoms with E-state index in [1.165, 1.54) is 24.5 Å². The van der Waals surface area contributed by atoms with Crippen LogP contribution in [-0.4, -0.2) is 12.1 Å². The van der Waals surface area contributed by atoms with E-state index in [2.05, 4.69) is 10.3 Å². The van der Waals surface area contributed by atoms with Gasteiger partial charge in [-0.3, -0.25) is 0 Å². The van der Waals surface area contributed by atoms with Gasteiger partial charge in [-0.1, -0.05) is 11.3 Å². The summed E-state index contributed by atoms with van der Waals surface area (Å²) in [5.74, 6) is -0.207. The zero-order chi connectivity index (χ0) is 11.5. The Morgan fingerprint density at radius 2 is 2.31 bits per heavy atom. The molecule has 6 heteroatoms. The van der Waals surface area contributed by atoms with Gasteiger partial charge >= 0.3 is 0 Å². The van der Waals surface area contributed by atoms with Gasteiger partial charge in [0.1, 0.15) is 5.00 Å². The number of hydrogen-bond donors (Lipinski definition) is 2. The van der Waals surface area contributed by atoms with E-state index in [9.17, 15) is 4.39 Å². The average molecular weight is 239 g/mol. The molecule has 2 aromatic rings. The topological polar surface area (TPSA) is 60.2 Å². The summed E-state index contributed by atoms with van der Waals surface area (Å²) in [6.45, 7) is 0. The van der Waals surface area contributed by atoms with Crippen LogP contribution >= 0.6 is 11.3 Å². The van der Waals surface area contributed by atoms with Crippen LogP contribution in [0.4, 0.5) is 20.2 Å². The minimum absolute atomic E-state index is 0.212. The first-order chi connectivity index (χ1) is 7.69. The van der Waals surface area contributed by atoms with E-state index in [1.807, 2.05) is 0 Å². The summed E-state index contributed by atoms with van der Waals surface area (Å²) in [5.41, 5.74) is 6.13. The van der Waals surface area contributed by atoms with Crippen molar-refractivity contribution in [1.82, 2.24) is 4.98 Å². The fraction of sp³-hybridized carbons (Fsp3) is 0.100. The molecule has 0 saturated carbocycles. The monoisotopic (exact) mass is 239 g/mol. The molecule has 16 heavy (non-hydrogen) atoms. The molecule has 3 N–H and O–H groups in total. The third-order valence-electron chi connectivity index (χ3n) is 1.93. The van der Waals surface area contributed by atoms with Crippen LogP contribution < -0.4 is 15.8 Å². The molecule has 4 nitrogen and oxygen atoms in total. The summed E-state index contributed by atoms with van der Waals surface area (Å²) in [5, 5.41) is 4.18. The van der Waals surface area contributed by atoms with Crippen molar-refractivity contribution in [1.29, 1.82) is 0 Å². The molecule has 1 aromatic heterocycles. The first-order valence-corrected chi connectivity index (χ1v) is 5.32. The lowest BCUT2D eigenvalue weighted by atomic mass is 10.3. The minimum atomic E-state index is -0.419. The number of anilines is 3. The highest BCUT2D eigenvalue weighted by atomic mass is 32.1. The summed E-state index contributed by atoms with van der Waals surface area (Å²) in [6, 6.07) is 4.60. The van der Waals surface area contributed by atoms with Crippen LogP contribution in [0.15, 0.2) is 24.4 Å². The number of hydrogen-bond acceptors (Lipinski definition) is 5. The van der Waals surface area contributed by atoms with Gasteiger partial charge in [0, 0.05) is 11.8 Å². The Balaban J connectivity index is 2.19. The molecule has 0 amide bonds. The molecule has 84 valence electrons. The number of thiazole rings is 1. The van der Waals surface area contributed by atoms with Gasteiger partial charge in [-0.15, -0.1) is 0 Å². The van der Waals surface area contributed by atoms with Gasteiger partial charge in [0.2, 0.25) is 0 Å². The van der Waals surface area contributed by atoms with E-state index in [1.54, 1.807) is 18.3 Å². The molecular weight excluding hydrogens is 229 g/mol. The van der Waals surface area contributed by atoms with Crippen molar-refractivity contribution in [2.75, 3.05) is 18.2 Å². The highest BCUT2D eigenvalue weighted by molar-refractivity contribution is 7.19. The van der Waals surface area contributed by atoms with Crippen LogP contribution in [-0.2, 0) is 0 Å². The van der Waals surface area contributed by atoms with E-state index >= 15 is 0 Å². The van der Waals surface area contributed by atoms with Gasteiger partial charge in [-0.2, -0.15) is 0 Å². The van der Waals surface area contributed by atoms with Gasteiger partial charge in [0.15, 0.2) is 16.7 Å². The largest absolute Gasteiger partial charge is 0.494 e. The maximum Gasteiger partial charge on any atom is 0.189 e. The first kappa shape index (κ1) is 10.7. The molecule has 0 bridgehead atoms. The number of methoxy groups -OCH3 is 1. The van der Waals surface area contributed by atoms with Crippen molar-refractivity contribution in [3.63, 3.8) is 0 Å². The molecule has 0 aliphatic heterocycles. The molecule has 0 atom stereocenters. The lowest BCUT2D eigenvalue weighted by Gasteiger charge is -2.05. The van der Waals surface area contributed by atoms with Crippen molar-refractivity contribution < 1.29 is 9.13 Å². The second kappa shape index (κ2) is 4.36. The van der Waals surface area contributed by atoms with E-state index < -0.39 is 5.82 Å². The third-order valence-corrected chi connectivity index (χ3v) is 2.67. The maximum absolute atomic E-state index is 13.4. The Kier molecular flexibility index (Phi) is 2.91. The second-order valence-corrected chi connectivity index (χ2v) is 4.10. The standard InChI is InChI=1S/C10H10FN3OS/c1-15-8-3-2-6(4-7(8)11)14-10-13-5-9(12)16-10/h2-5H,12H2,1H3,(H,13,14). The van der Waals surface area contributed by atoms with Crippen molar-refractivity contribution in [2.24, 2.45) is 0 Å². The van der Waals surface area contributed by atoms with Crippen molar-refractivity contribution in [3.05, 3.63) is 30.2 Å². The highest BCUT2D eigenvalue weighted by Crippen LogP contribution is 2.26. The van der Waals surface area contributed by atoms with E-state index in [0.29, 0.717) is 15.8 Å². The summed E-state index contributed by atoms with van der Waals surface area (Å²) < 4.78 is 18.2. The van der Waals surface area contributed by atoms with Gasteiger partial charge in [-0.05, 0) is 12.1 Å². The quantitative estimate of drug-likeness (QED) is 0.864. The van der Waals surface area contributed by atoms with E-state index in [0.717, 1.165) is 0 Å². The Bertz CT molecular complexity index is 501. The molecule has 0 radical (unpaired) electrons. The van der Waals surface area contributed by atoms with Crippen LogP contribution in [0, 0.1) is 5.82 Å². The Morgan fingerprint density at radius 3 is 2.88 bits per heavy atom. The SMILES string of the molecule is COc1ccc(Nc2ncc(N)s2)cc1F. The number of nitrogens with one attached hydrogen (secondary N) is 1. The van der Waals surface area contributed by atoms with Gasteiger partial charge in [0.25, 0.3) is 0 Å². The third kappa shape index (κ3) is 2.22. The summed E-state index contributed by atoms with van der Waals surface area (Å²) in [7, 11) is 1.42. The van der Waals surface area contributed by atoms with Crippen molar-refractivity contribution >= 4 is 27.2 Å². The molecule has 0 aliphatic rings. The molecule has 0 saturated heterocycles. The number of ether oxygens (including phenoxy) is 1. The van der Waals surface area contributed by atoms with Crippen LogP contribution in [0.25, 0.3) is 0 Å². The Hall–Kier alpha value is -1.82. The van der Waals surface area contributed by atoms with Crippen molar-refractivity contribution in [3.8, 4) is 5.75 Å². The van der Waals surface area contributed by atoms with Crippen LogP contribution in [0.3, 0.4) is 0 Å². The lowest BCUT2D eigenvalue weighted by molar-refractivity contribution is 0.386. The number of aromatic nitrogens is 1. The van der Waals surface area contributed by atoms with Crippen LogP contribution in [0.2, 0.25) is 0 Å². The highest BCUT2D eigenvalue weighted by Gasteiger charge is 2.05. The molecular formula is C10H10FN3OS. The smallest absolute Gasteiger partial charge is 0.189 e. The molecule has 1 aromatic carbocycles. The van der Waals surface area contributed by atoms with Gasteiger partial charge in [0.05, 0.1) is 13.3 Å². The fourth-order valence-corrected chi connectivity index (χ4v) is 1.81. The predicted octanol–water partition coefficient (Wildman–Crippen LogP) is 2.62. The Morgan fingerprint density at radius 1 is 1.50 bits per heavy atom. The number of nitrogen functional groups attached to an aromatic ring is 1. The number of halogens is 1. The lowest BCUT2D eigenvalue weighted by Crippen LogP contribution is -1.92. The molecule has 2 rings (SSSR count). The number of rotatable bonds is 3. The van der Waals surface area contributed by atoms with E-state index in [4.69, 9.17) is 10.5 Å². The van der Waals surface area contributed by atoms with Crippen LogP contribution in [0.1, 0.15) is 0 Å². The zero-order valence-electron chi connectivity index (χ0n) is 8.53. The number of nitrogens with zero attached hydrogens (tertiary/aromatic N) is 1. The van der Waals surface area contributed by atoms with Crippen LogP contribution in [0.5, 0.6) is 5.75 Å². The molecule has 0 unspecified atom stereocenters. The average Bonchev–Trinajstić information content (AvgIpc) is 2.64. The number of nitrogens with two attached hydrogens (primary N) is 1. The normalized spacial score (nSPS) is 10.1. The summed E-state index contributed by atoms with van der Waals surface area (Å²) in [4.78, 5) is 4.01. The minimum Gasteiger partial charge on any atom is -0.494 e. The fourth-order valence-electron chi connectivity index (χ4n) is 1.21. The van der Waals surface area contributed by atoms with Gasteiger partial charge < -0.3 is 15.8 Å². The molecule has 1 heterocycles. The Labute approximate surface area is 95.9 Å². The summed E-state index contributed by atoms with van der Waals surface area (Å²) in [6.07, 6.45) is 1.55. The zero-order valence-corrected chi connectivity index (χ0v) is 9.34. The molecule has 0 fully saturated rings. The number of benzene rings is 1.